The fraction of sp³-hybridized carbons (Fsp3) is 0.462. The van der Waals surface area contributed by atoms with E-state index in [2.05, 4.69) is 4.74 Å². The molecule has 0 radical (unpaired) electrons. The monoisotopic (exact) mass is 271 g/mol. The number of ether oxygens (including phenoxy) is 2. The maximum absolute atomic E-state index is 10.9. The van der Waals surface area contributed by atoms with Gasteiger partial charge in [-0.3, -0.25) is 4.79 Å². The lowest BCUT2D eigenvalue weighted by Crippen LogP contribution is -2.17. The lowest BCUT2D eigenvalue weighted by atomic mass is 10.1. The average Bonchev–Trinajstić information content (AvgIpc) is 2.31. The topological polar surface area (TPSA) is 61.5 Å². The first kappa shape index (κ1) is 14.8. The van der Waals surface area contributed by atoms with Gasteiger partial charge in [0.15, 0.2) is 0 Å². The molecule has 2 N–H and O–H groups in total. The van der Waals surface area contributed by atoms with Gasteiger partial charge < -0.3 is 15.2 Å². The van der Waals surface area contributed by atoms with Crippen LogP contribution in [0.1, 0.15) is 18.9 Å². The summed E-state index contributed by atoms with van der Waals surface area (Å²) in [6.07, 6.45) is 0.969. The number of methoxy groups -OCH3 is 1. The maximum Gasteiger partial charge on any atom is 0.308 e. The van der Waals surface area contributed by atoms with E-state index in [1.807, 2.05) is 19.1 Å². The van der Waals surface area contributed by atoms with Crippen LogP contribution in [-0.4, -0.2) is 25.7 Å². The molecule has 0 spiro atoms. The highest BCUT2D eigenvalue weighted by Crippen LogP contribution is 2.26. The predicted octanol–water partition coefficient (Wildman–Crippen LogP) is 2.17. The molecular weight excluding hydrogens is 254 g/mol. The highest BCUT2D eigenvalue weighted by atomic mass is 35.5. The van der Waals surface area contributed by atoms with Gasteiger partial charge in [-0.05, 0) is 31.0 Å². The molecular formula is C13H18ClNO3. The Morgan fingerprint density at radius 1 is 1.50 bits per heavy atom. The number of benzene rings is 1. The van der Waals surface area contributed by atoms with E-state index in [9.17, 15) is 4.79 Å². The van der Waals surface area contributed by atoms with Crippen molar-refractivity contribution >= 4 is 17.6 Å². The van der Waals surface area contributed by atoms with Crippen LogP contribution in [0, 0.1) is 0 Å². The van der Waals surface area contributed by atoms with E-state index in [4.69, 9.17) is 22.1 Å². The second kappa shape index (κ2) is 7.24. The van der Waals surface area contributed by atoms with Crippen LogP contribution in [0.5, 0.6) is 5.75 Å². The van der Waals surface area contributed by atoms with Crippen LogP contribution >= 0.6 is 11.6 Å². The molecule has 0 aliphatic heterocycles. The van der Waals surface area contributed by atoms with Gasteiger partial charge in [-0.25, -0.2) is 0 Å². The molecule has 0 aliphatic rings. The number of hydrogen-bond donors (Lipinski definition) is 1. The van der Waals surface area contributed by atoms with E-state index in [0.717, 1.165) is 12.0 Å². The second-order valence-electron chi connectivity index (χ2n) is 4.12. The molecule has 1 rings (SSSR count). The van der Waals surface area contributed by atoms with E-state index >= 15 is 0 Å². The molecule has 0 aromatic heterocycles. The van der Waals surface area contributed by atoms with Crippen LogP contribution in [0.25, 0.3) is 0 Å². The Balaban J connectivity index is 2.54. The van der Waals surface area contributed by atoms with Gasteiger partial charge in [0.05, 0.1) is 25.2 Å². The molecule has 18 heavy (non-hydrogen) atoms. The molecule has 1 aromatic carbocycles. The third-order valence-electron chi connectivity index (χ3n) is 2.35. The SMILES string of the molecule is COC(=O)CCOc1ccc(CC(C)N)cc1Cl. The van der Waals surface area contributed by atoms with Gasteiger partial charge in [-0.1, -0.05) is 17.7 Å². The van der Waals surface area contributed by atoms with Crippen LogP contribution in [0.3, 0.4) is 0 Å². The number of hydrogen-bond acceptors (Lipinski definition) is 4. The van der Waals surface area contributed by atoms with Crippen LogP contribution in [0.4, 0.5) is 0 Å². The highest BCUT2D eigenvalue weighted by Gasteiger charge is 2.06. The van der Waals surface area contributed by atoms with Crippen LogP contribution in [-0.2, 0) is 16.0 Å². The molecule has 0 saturated carbocycles. The van der Waals surface area contributed by atoms with Gasteiger partial charge in [0.2, 0.25) is 0 Å². The van der Waals surface area contributed by atoms with Gasteiger partial charge >= 0.3 is 5.97 Å². The molecule has 0 heterocycles. The van der Waals surface area contributed by atoms with Crippen LogP contribution < -0.4 is 10.5 Å². The largest absolute Gasteiger partial charge is 0.491 e. The molecule has 1 aromatic rings. The Morgan fingerprint density at radius 3 is 2.78 bits per heavy atom. The summed E-state index contributed by atoms with van der Waals surface area (Å²) in [5.74, 6) is 0.258. The van der Waals surface area contributed by atoms with Gasteiger partial charge in [0.1, 0.15) is 5.75 Å². The van der Waals surface area contributed by atoms with E-state index < -0.39 is 0 Å². The molecule has 0 fully saturated rings. The minimum absolute atomic E-state index is 0.0900. The number of carbonyl (C=O) groups excluding carboxylic acids is 1. The van der Waals surface area contributed by atoms with Crippen molar-refractivity contribution in [3.8, 4) is 5.75 Å². The van der Waals surface area contributed by atoms with Crippen molar-refractivity contribution in [2.24, 2.45) is 5.73 Å². The molecule has 4 nitrogen and oxygen atoms in total. The maximum atomic E-state index is 10.9. The summed E-state index contributed by atoms with van der Waals surface area (Å²) in [7, 11) is 1.35. The van der Waals surface area contributed by atoms with E-state index in [0.29, 0.717) is 10.8 Å². The smallest absolute Gasteiger partial charge is 0.308 e. The van der Waals surface area contributed by atoms with Crippen molar-refractivity contribution in [1.29, 1.82) is 0 Å². The summed E-state index contributed by atoms with van der Waals surface area (Å²) in [5, 5.41) is 0.526. The van der Waals surface area contributed by atoms with Crippen molar-refractivity contribution in [3.63, 3.8) is 0 Å². The summed E-state index contributed by atoms with van der Waals surface area (Å²) < 4.78 is 9.92. The Kier molecular flexibility index (Phi) is 5.95. The summed E-state index contributed by atoms with van der Waals surface area (Å²) in [4.78, 5) is 10.9. The molecule has 0 saturated heterocycles. The summed E-state index contributed by atoms with van der Waals surface area (Å²) in [6.45, 7) is 2.19. The Bertz CT molecular complexity index is 407. The quantitative estimate of drug-likeness (QED) is 0.806. The number of halogens is 1. The molecule has 1 atom stereocenters. The summed E-state index contributed by atoms with van der Waals surface area (Å²) in [5.41, 5.74) is 6.78. The second-order valence-corrected chi connectivity index (χ2v) is 4.53. The summed E-state index contributed by atoms with van der Waals surface area (Å²) >= 11 is 6.08. The summed E-state index contributed by atoms with van der Waals surface area (Å²) in [6, 6.07) is 5.63. The minimum Gasteiger partial charge on any atom is -0.491 e. The van der Waals surface area contributed by atoms with Crippen molar-refractivity contribution in [1.82, 2.24) is 0 Å². The Morgan fingerprint density at radius 2 is 2.22 bits per heavy atom. The fourth-order valence-corrected chi connectivity index (χ4v) is 1.76. The van der Waals surface area contributed by atoms with E-state index in [1.54, 1.807) is 6.07 Å². The predicted molar refractivity (Wildman–Crippen MR) is 70.9 cm³/mol. The zero-order chi connectivity index (χ0) is 13.5. The lowest BCUT2D eigenvalue weighted by Gasteiger charge is -2.10. The van der Waals surface area contributed by atoms with Gasteiger partial charge in [-0.15, -0.1) is 0 Å². The molecule has 0 aliphatic carbocycles. The first-order valence-corrected chi connectivity index (χ1v) is 6.14. The Hall–Kier alpha value is -1.26. The molecule has 5 heteroatoms. The van der Waals surface area contributed by atoms with Gasteiger partial charge in [-0.2, -0.15) is 0 Å². The number of esters is 1. The standard InChI is InChI=1S/C13H18ClNO3/c1-9(15)7-10-3-4-12(11(14)8-10)18-6-5-13(16)17-2/h3-4,8-9H,5-7,15H2,1-2H3. The van der Waals surface area contributed by atoms with E-state index in [1.165, 1.54) is 7.11 Å². The van der Waals surface area contributed by atoms with Gasteiger partial charge in [0.25, 0.3) is 0 Å². The third-order valence-corrected chi connectivity index (χ3v) is 2.64. The Labute approximate surface area is 112 Å². The first-order valence-electron chi connectivity index (χ1n) is 5.76. The fourth-order valence-electron chi connectivity index (χ4n) is 1.51. The van der Waals surface area contributed by atoms with Gasteiger partial charge in [0, 0.05) is 6.04 Å². The van der Waals surface area contributed by atoms with E-state index in [-0.39, 0.29) is 25.0 Å². The number of carbonyl (C=O) groups is 1. The molecule has 1 unspecified atom stereocenters. The number of rotatable bonds is 6. The zero-order valence-corrected chi connectivity index (χ0v) is 11.4. The minimum atomic E-state index is -0.306. The average molecular weight is 272 g/mol. The zero-order valence-electron chi connectivity index (χ0n) is 10.6. The normalized spacial score (nSPS) is 12.0. The van der Waals surface area contributed by atoms with Crippen LogP contribution in [0.15, 0.2) is 18.2 Å². The molecule has 0 bridgehead atoms. The third kappa shape index (κ3) is 4.94. The lowest BCUT2D eigenvalue weighted by molar-refractivity contribution is -0.141. The van der Waals surface area contributed by atoms with Crippen molar-refractivity contribution in [3.05, 3.63) is 28.8 Å². The van der Waals surface area contributed by atoms with Crippen molar-refractivity contribution in [2.75, 3.05) is 13.7 Å². The number of nitrogens with two attached hydrogens (primary N) is 1. The first-order chi connectivity index (χ1) is 8.52. The van der Waals surface area contributed by atoms with Crippen LogP contribution in [0.2, 0.25) is 5.02 Å². The van der Waals surface area contributed by atoms with Crippen molar-refractivity contribution < 1.29 is 14.3 Å². The van der Waals surface area contributed by atoms with Crippen molar-refractivity contribution in [2.45, 2.75) is 25.8 Å². The molecule has 0 amide bonds. The highest BCUT2D eigenvalue weighted by molar-refractivity contribution is 6.32. The molecule has 100 valence electrons.